The third-order valence-corrected chi connectivity index (χ3v) is 19.8. The van der Waals surface area contributed by atoms with Gasteiger partial charge >= 0.3 is 0 Å². The molecule has 0 amide bonds. The van der Waals surface area contributed by atoms with E-state index in [1.807, 2.05) is 152 Å². The molecule has 0 saturated carbocycles. The first-order chi connectivity index (χ1) is 52.1. The lowest BCUT2D eigenvalue weighted by Crippen LogP contribution is -2.06. The van der Waals surface area contributed by atoms with Gasteiger partial charge in [0, 0.05) is 88.1 Å². The van der Waals surface area contributed by atoms with Crippen LogP contribution in [0.4, 0.5) is 0 Å². The lowest BCUT2D eigenvalue weighted by molar-refractivity contribution is 0.560. The Morgan fingerprint density at radius 1 is 0.200 bits per heavy atom. The second-order valence-electron chi connectivity index (χ2n) is 26.0. The zero-order valence-electron chi connectivity index (χ0n) is 56.4. The highest BCUT2D eigenvalue weighted by molar-refractivity contribution is 6.29. The number of rotatable bonds is 11. The van der Waals surface area contributed by atoms with E-state index in [0.29, 0.717) is 29.5 Å². The average molecular weight is 1350 g/mol. The van der Waals surface area contributed by atoms with Gasteiger partial charge in [-0.05, 0) is 60.7 Å². The van der Waals surface area contributed by atoms with Crippen molar-refractivity contribution in [3.63, 3.8) is 0 Å². The highest BCUT2D eigenvalue weighted by atomic mass is 16.4. The minimum absolute atomic E-state index is 0.541. The third-order valence-electron chi connectivity index (χ3n) is 19.8. The van der Waals surface area contributed by atoms with Crippen molar-refractivity contribution in [1.82, 2.24) is 53.2 Å². The SMILES string of the molecule is c1ccc(-c2cc(-c3ccccc3)nc(-n3c4ccccc4c4c5c6ccccc6n(-c6ccc(-c7ccccc7)o6)c5ccc43)n2)cc1.c1ccc(-c2cc(-c3ccccc3)nc(-n3c4ccccc4c4ccc5c(c6ccccc6n5-c5nc(-c6ccccc6)nc(-c6ccccc6)n5)c43)n2)cc1. The monoisotopic (exact) mass is 1350 g/mol. The summed E-state index contributed by atoms with van der Waals surface area (Å²) in [4.78, 5) is 36.4. The van der Waals surface area contributed by atoms with Crippen molar-refractivity contribution in [3.8, 4) is 103 Å². The molecule has 0 radical (unpaired) electrons. The maximum atomic E-state index is 6.55. The van der Waals surface area contributed by atoms with Gasteiger partial charge in [0.25, 0.3) is 0 Å². The molecule has 0 N–H and O–H groups in total. The fourth-order valence-corrected chi connectivity index (χ4v) is 15.1. The average Bonchev–Trinajstić information content (AvgIpc) is 1.55. The van der Waals surface area contributed by atoms with Gasteiger partial charge < -0.3 is 4.42 Å². The van der Waals surface area contributed by atoms with Crippen molar-refractivity contribution in [2.45, 2.75) is 0 Å². The molecule has 0 aliphatic heterocycles. The van der Waals surface area contributed by atoms with E-state index in [9.17, 15) is 0 Å². The molecule has 0 bridgehead atoms. The molecule has 0 aliphatic carbocycles. The second kappa shape index (κ2) is 25.3. The summed E-state index contributed by atoms with van der Waals surface area (Å²) in [7, 11) is 0. The Hall–Kier alpha value is -14.5. The summed E-state index contributed by atoms with van der Waals surface area (Å²) in [5.74, 6) is 4.60. The van der Waals surface area contributed by atoms with Crippen LogP contribution in [-0.2, 0) is 0 Å². The number of hydrogen-bond donors (Lipinski definition) is 0. The third kappa shape index (κ3) is 10.4. The fourth-order valence-electron chi connectivity index (χ4n) is 15.1. The molecule has 21 rings (SSSR count). The highest BCUT2D eigenvalue weighted by Crippen LogP contribution is 2.45. The van der Waals surface area contributed by atoms with E-state index in [2.05, 4.69) is 225 Å². The predicted molar refractivity (Wildman–Crippen MR) is 425 cm³/mol. The number of furan rings is 1. The van der Waals surface area contributed by atoms with E-state index < -0.39 is 0 Å². The molecule has 0 spiro atoms. The Kier molecular flexibility index (Phi) is 14.6. The number of para-hydroxylation sites is 4. The fraction of sp³-hybridized carbons (Fsp3) is 0. The van der Waals surface area contributed by atoms with Gasteiger partial charge in [-0.3, -0.25) is 18.3 Å². The maximum Gasteiger partial charge on any atom is 0.238 e. The molecule has 0 fully saturated rings. The van der Waals surface area contributed by atoms with Crippen molar-refractivity contribution < 1.29 is 4.42 Å². The summed E-state index contributed by atoms with van der Waals surface area (Å²) in [6, 6.07) is 123. The number of fused-ring (bicyclic) bond motifs is 14. The Labute approximate surface area is 602 Å². The summed E-state index contributed by atoms with van der Waals surface area (Å²) < 4.78 is 15.4. The van der Waals surface area contributed by atoms with Gasteiger partial charge in [-0.15, -0.1) is 0 Å². The number of hydrogen-bond acceptors (Lipinski definition) is 8. The van der Waals surface area contributed by atoms with Gasteiger partial charge in [0.15, 0.2) is 11.6 Å². The molecule has 0 unspecified atom stereocenters. The van der Waals surface area contributed by atoms with Crippen LogP contribution >= 0.6 is 0 Å². The van der Waals surface area contributed by atoms with E-state index in [1.54, 1.807) is 0 Å². The molecule has 13 aromatic carbocycles. The minimum Gasteiger partial charge on any atom is -0.440 e. The molecule has 492 valence electrons. The molecule has 8 aromatic heterocycles. The Balaban J connectivity index is 0.000000141. The first-order valence-corrected chi connectivity index (χ1v) is 35.0. The zero-order chi connectivity index (χ0) is 69.3. The first kappa shape index (κ1) is 60.5. The molecule has 21 aromatic rings. The highest BCUT2D eigenvalue weighted by Gasteiger charge is 2.27. The Morgan fingerprint density at radius 3 is 0.952 bits per heavy atom. The van der Waals surface area contributed by atoms with E-state index >= 15 is 0 Å². The van der Waals surface area contributed by atoms with Crippen LogP contribution in [0.5, 0.6) is 0 Å². The first-order valence-electron chi connectivity index (χ1n) is 35.0. The lowest BCUT2D eigenvalue weighted by Gasteiger charge is -2.12. The summed E-state index contributed by atoms with van der Waals surface area (Å²) in [6.45, 7) is 0. The Bertz CT molecular complexity index is 6700. The van der Waals surface area contributed by atoms with Crippen LogP contribution in [0, 0.1) is 0 Å². The predicted octanol–water partition coefficient (Wildman–Crippen LogP) is 22.8. The molecule has 8 heterocycles. The lowest BCUT2D eigenvalue weighted by atomic mass is 10.1. The van der Waals surface area contributed by atoms with Crippen molar-refractivity contribution in [2.24, 2.45) is 0 Å². The summed E-state index contributed by atoms with van der Waals surface area (Å²) in [5.41, 5.74) is 18.7. The van der Waals surface area contributed by atoms with Crippen LogP contribution in [0.3, 0.4) is 0 Å². The summed E-state index contributed by atoms with van der Waals surface area (Å²) in [5, 5.41) is 8.99. The molecule has 0 aliphatic rings. The van der Waals surface area contributed by atoms with Gasteiger partial charge in [0.1, 0.15) is 5.76 Å². The normalized spacial score (nSPS) is 11.6. The number of nitrogens with zero attached hydrogens (tertiary/aromatic N) is 11. The van der Waals surface area contributed by atoms with Crippen LogP contribution in [0.25, 0.3) is 190 Å². The van der Waals surface area contributed by atoms with Crippen LogP contribution in [0.15, 0.2) is 362 Å². The molecule has 12 nitrogen and oxygen atoms in total. The molecule has 105 heavy (non-hydrogen) atoms. The standard InChI is InChI=1S/C49H31N7.C44H28N4O/c1-5-17-32(18-6-1)39-31-40(33-19-7-2-8-20-33)51-48(50-39)56-41-27-15-13-25-36(41)37-29-30-43-44(45(37)56)38-26-14-16-28-42(38)55(43)49-53-46(34-21-9-3-10-22-34)52-47(54-49)35-23-11-4-12-24-35;1-4-14-29(15-5-1)34-28-35(30-16-6-2-7-17-30)46-44(45-34)48-37-23-13-11-21-33(37)43-39(48)25-24-38-42(43)32-20-10-12-22-36(32)47(38)41-27-26-40(49-41)31-18-8-3-9-19-31/h1-31H;1-28H. The van der Waals surface area contributed by atoms with E-state index in [1.165, 1.54) is 5.39 Å². The molecular formula is C93H59N11O. The minimum atomic E-state index is 0.541. The van der Waals surface area contributed by atoms with Crippen molar-refractivity contribution in [1.29, 1.82) is 0 Å². The van der Waals surface area contributed by atoms with Crippen molar-refractivity contribution >= 4 is 87.2 Å². The van der Waals surface area contributed by atoms with Gasteiger partial charge in [0.2, 0.25) is 23.7 Å². The summed E-state index contributed by atoms with van der Waals surface area (Å²) in [6.07, 6.45) is 0. The van der Waals surface area contributed by atoms with Crippen molar-refractivity contribution in [2.75, 3.05) is 0 Å². The maximum absolute atomic E-state index is 6.55. The van der Waals surface area contributed by atoms with E-state index in [4.69, 9.17) is 39.3 Å². The molecule has 12 heteroatoms. The smallest absolute Gasteiger partial charge is 0.238 e. The second-order valence-corrected chi connectivity index (χ2v) is 26.0. The Morgan fingerprint density at radius 2 is 0.514 bits per heavy atom. The van der Waals surface area contributed by atoms with Crippen LogP contribution < -0.4 is 0 Å². The summed E-state index contributed by atoms with van der Waals surface area (Å²) >= 11 is 0. The van der Waals surface area contributed by atoms with Gasteiger partial charge in [0.05, 0.1) is 66.9 Å². The van der Waals surface area contributed by atoms with Crippen LogP contribution in [0.1, 0.15) is 0 Å². The van der Waals surface area contributed by atoms with Gasteiger partial charge in [-0.1, -0.05) is 291 Å². The zero-order valence-corrected chi connectivity index (χ0v) is 56.4. The van der Waals surface area contributed by atoms with Gasteiger partial charge in [-0.25, -0.2) is 24.9 Å². The van der Waals surface area contributed by atoms with E-state index in [-0.39, 0.29) is 0 Å². The molecule has 0 atom stereocenters. The van der Waals surface area contributed by atoms with Crippen LogP contribution in [0.2, 0.25) is 0 Å². The topological polar surface area (TPSA) is 123 Å². The quantitative estimate of drug-likeness (QED) is 0.125. The molecule has 0 saturated heterocycles. The van der Waals surface area contributed by atoms with E-state index in [0.717, 1.165) is 155 Å². The van der Waals surface area contributed by atoms with Crippen molar-refractivity contribution in [3.05, 3.63) is 358 Å². The van der Waals surface area contributed by atoms with Crippen LogP contribution in [-0.4, -0.2) is 53.2 Å². The number of benzene rings is 13. The largest absolute Gasteiger partial charge is 0.440 e. The van der Waals surface area contributed by atoms with Gasteiger partial charge in [-0.2, -0.15) is 9.97 Å². The molecular weight excluding hydrogens is 1290 g/mol. The number of aromatic nitrogens is 11.